The molecule has 2 aromatic rings. The van der Waals surface area contributed by atoms with Crippen molar-refractivity contribution >= 4 is 23.2 Å². The van der Waals surface area contributed by atoms with E-state index >= 15 is 0 Å². The molecular weight excluding hydrogens is 297 g/mol. The minimum absolute atomic E-state index is 0.373. The van der Waals surface area contributed by atoms with Crippen molar-refractivity contribution in [1.29, 1.82) is 0 Å². The number of rotatable bonds is 5. The van der Waals surface area contributed by atoms with Crippen molar-refractivity contribution in [3.05, 3.63) is 46.3 Å². The summed E-state index contributed by atoms with van der Waals surface area (Å²) < 4.78 is 5.64. The van der Waals surface area contributed by atoms with E-state index in [2.05, 4.69) is 15.3 Å². The molecule has 1 fully saturated rings. The van der Waals surface area contributed by atoms with E-state index in [0.29, 0.717) is 34.3 Å². The maximum absolute atomic E-state index is 6.08. The van der Waals surface area contributed by atoms with Gasteiger partial charge in [0.25, 0.3) is 0 Å². The van der Waals surface area contributed by atoms with Crippen LogP contribution < -0.4 is 10.1 Å². The molecule has 1 aliphatic rings. The fourth-order valence-corrected chi connectivity index (χ4v) is 2.06. The number of hydrogen-bond donors (Lipinski definition) is 1. The Kier molecular flexibility index (Phi) is 4.05. The molecule has 0 atom stereocenters. The first-order valence-corrected chi connectivity index (χ1v) is 7.14. The molecule has 1 heterocycles. The number of hydrogen-bond acceptors (Lipinski definition) is 4. The second-order valence-corrected chi connectivity index (χ2v) is 5.44. The largest absolute Gasteiger partial charge is 0.436 e. The van der Waals surface area contributed by atoms with E-state index in [4.69, 9.17) is 27.9 Å². The molecule has 0 amide bonds. The van der Waals surface area contributed by atoms with Crippen LogP contribution in [0.2, 0.25) is 10.0 Å². The molecule has 1 N–H and O–H groups in total. The Morgan fingerprint density at radius 2 is 2.10 bits per heavy atom. The quantitative estimate of drug-likeness (QED) is 0.912. The van der Waals surface area contributed by atoms with Gasteiger partial charge < -0.3 is 10.1 Å². The lowest BCUT2D eigenvalue weighted by Gasteiger charge is -2.08. The van der Waals surface area contributed by atoms with Crippen LogP contribution in [-0.4, -0.2) is 16.0 Å². The Labute approximate surface area is 127 Å². The van der Waals surface area contributed by atoms with Crippen LogP contribution in [0.3, 0.4) is 0 Å². The first-order chi connectivity index (χ1) is 9.72. The number of halogens is 2. The molecule has 104 valence electrons. The maximum Gasteiger partial charge on any atom is 0.238 e. The highest BCUT2D eigenvalue weighted by atomic mass is 35.5. The van der Waals surface area contributed by atoms with Crippen LogP contribution in [0.5, 0.6) is 11.6 Å². The summed E-state index contributed by atoms with van der Waals surface area (Å²) in [5, 5.41) is 4.20. The summed E-state index contributed by atoms with van der Waals surface area (Å²) >= 11 is 12.0. The van der Waals surface area contributed by atoms with E-state index in [9.17, 15) is 0 Å². The first-order valence-electron chi connectivity index (χ1n) is 6.38. The third-order valence-electron chi connectivity index (χ3n) is 2.94. The number of benzene rings is 1. The monoisotopic (exact) mass is 309 g/mol. The van der Waals surface area contributed by atoms with E-state index in [1.807, 2.05) is 0 Å². The third kappa shape index (κ3) is 3.39. The Morgan fingerprint density at radius 3 is 2.90 bits per heavy atom. The molecule has 1 aromatic carbocycles. The summed E-state index contributed by atoms with van der Waals surface area (Å²) in [7, 11) is 0. The Bertz CT molecular complexity index is 617. The maximum atomic E-state index is 6.08. The molecule has 1 saturated carbocycles. The van der Waals surface area contributed by atoms with Gasteiger partial charge in [-0.1, -0.05) is 29.3 Å². The van der Waals surface area contributed by atoms with Crippen LogP contribution in [0.1, 0.15) is 18.5 Å². The van der Waals surface area contributed by atoms with Gasteiger partial charge in [-0.2, -0.15) is 0 Å². The van der Waals surface area contributed by atoms with Gasteiger partial charge in [-0.25, -0.2) is 4.98 Å². The number of ether oxygens (including phenoxy) is 1. The van der Waals surface area contributed by atoms with Crippen molar-refractivity contribution < 1.29 is 4.74 Å². The van der Waals surface area contributed by atoms with Crippen molar-refractivity contribution in [2.75, 3.05) is 0 Å². The van der Waals surface area contributed by atoms with Gasteiger partial charge in [0.05, 0.1) is 16.9 Å². The van der Waals surface area contributed by atoms with Crippen LogP contribution in [-0.2, 0) is 6.54 Å². The van der Waals surface area contributed by atoms with Gasteiger partial charge in [0.1, 0.15) is 10.8 Å². The average molecular weight is 310 g/mol. The number of nitrogens with zero attached hydrogens (tertiary/aromatic N) is 2. The molecular formula is C14H13Cl2N3O. The summed E-state index contributed by atoms with van der Waals surface area (Å²) in [4.78, 5) is 8.52. The molecule has 0 bridgehead atoms. The second kappa shape index (κ2) is 5.95. The van der Waals surface area contributed by atoms with Gasteiger partial charge in [-0.3, -0.25) is 4.98 Å². The minimum atomic E-state index is 0.373. The highest BCUT2D eigenvalue weighted by Gasteiger charge is 2.20. The van der Waals surface area contributed by atoms with E-state index in [-0.39, 0.29) is 0 Å². The molecule has 0 unspecified atom stereocenters. The fraction of sp³-hybridized carbons (Fsp3) is 0.286. The van der Waals surface area contributed by atoms with Crippen LogP contribution in [0.4, 0.5) is 0 Å². The zero-order chi connectivity index (χ0) is 13.9. The third-order valence-corrected chi connectivity index (χ3v) is 3.74. The molecule has 0 saturated heterocycles. The Hall–Kier alpha value is -1.36. The molecule has 4 nitrogen and oxygen atoms in total. The van der Waals surface area contributed by atoms with E-state index in [0.717, 1.165) is 5.69 Å². The number of nitrogens with one attached hydrogen (secondary N) is 1. The molecule has 3 rings (SSSR count). The smallest absolute Gasteiger partial charge is 0.238 e. The number of aromatic nitrogens is 2. The topological polar surface area (TPSA) is 47.0 Å². The highest BCUT2D eigenvalue weighted by molar-refractivity contribution is 6.42. The van der Waals surface area contributed by atoms with Crippen LogP contribution in [0.25, 0.3) is 0 Å². The standard InChI is InChI=1S/C14H13Cl2N3O/c15-11-2-1-3-12(14(11)16)20-13-8-17-6-10(19-13)7-18-9-4-5-9/h1-3,6,8-9,18H,4-5,7H2. The SMILES string of the molecule is Clc1cccc(Oc2cncc(CNC3CC3)n2)c1Cl. The molecule has 1 aliphatic carbocycles. The van der Waals surface area contributed by atoms with E-state index < -0.39 is 0 Å². The predicted molar refractivity (Wildman–Crippen MR) is 78.4 cm³/mol. The Morgan fingerprint density at radius 1 is 1.25 bits per heavy atom. The van der Waals surface area contributed by atoms with Crippen LogP contribution >= 0.6 is 23.2 Å². The molecule has 20 heavy (non-hydrogen) atoms. The van der Waals surface area contributed by atoms with Gasteiger partial charge in [-0.05, 0) is 25.0 Å². The van der Waals surface area contributed by atoms with Gasteiger partial charge in [0.2, 0.25) is 5.88 Å². The minimum Gasteiger partial charge on any atom is -0.436 e. The summed E-state index contributed by atoms with van der Waals surface area (Å²) in [6, 6.07) is 5.85. The van der Waals surface area contributed by atoms with Crippen molar-refractivity contribution in [3.8, 4) is 11.6 Å². The lowest BCUT2D eigenvalue weighted by atomic mass is 10.3. The fourth-order valence-electron chi connectivity index (χ4n) is 1.73. The highest BCUT2D eigenvalue weighted by Crippen LogP contribution is 2.33. The molecule has 0 spiro atoms. The summed E-state index contributed by atoms with van der Waals surface area (Å²) in [5.74, 6) is 0.880. The van der Waals surface area contributed by atoms with Crippen molar-refractivity contribution in [3.63, 3.8) is 0 Å². The molecule has 1 aromatic heterocycles. The second-order valence-electron chi connectivity index (χ2n) is 4.66. The molecule has 0 aliphatic heterocycles. The molecule has 6 heteroatoms. The average Bonchev–Trinajstić information content (AvgIpc) is 3.26. The molecule has 0 radical (unpaired) electrons. The predicted octanol–water partition coefficient (Wildman–Crippen LogP) is 3.83. The van der Waals surface area contributed by atoms with Crippen molar-refractivity contribution in [2.45, 2.75) is 25.4 Å². The normalized spacial score (nSPS) is 14.3. The zero-order valence-corrected chi connectivity index (χ0v) is 12.2. The van der Waals surface area contributed by atoms with Crippen molar-refractivity contribution in [2.24, 2.45) is 0 Å². The Balaban J connectivity index is 1.72. The first kappa shape index (κ1) is 13.6. The zero-order valence-electron chi connectivity index (χ0n) is 10.6. The van der Waals surface area contributed by atoms with Crippen molar-refractivity contribution in [1.82, 2.24) is 15.3 Å². The summed E-state index contributed by atoms with van der Waals surface area (Å²) in [6.45, 7) is 0.693. The lowest BCUT2D eigenvalue weighted by molar-refractivity contribution is 0.456. The van der Waals surface area contributed by atoms with Gasteiger partial charge in [0.15, 0.2) is 0 Å². The van der Waals surface area contributed by atoms with E-state index in [1.54, 1.807) is 30.6 Å². The summed E-state index contributed by atoms with van der Waals surface area (Å²) in [6.07, 6.45) is 5.75. The van der Waals surface area contributed by atoms with Gasteiger partial charge in [0, 0.05) is 18.8 Å². The van der Waals surface area contributed by atoms with Gasteiger partial charge >= 0.3 is 0 Å². The van der Waals surface area contributed by atoms with Crippen LogP contribution in [0, 0.1) is 0 Å². The van der Waals surface area contributed by atoms with Crippen LogP contribution in [0.15, 0.2) is 30.6 Å². The van der Waals surface area contributed by atoms with Gasteiger partial charge in [-0.15, -0.1) is 0 Å². The summed E-state index contributed by atoms with van der Waals surface area (Å²) in [5.41, 5.74) is 0.840. The lowest BCUT2D eigenvalue weighted by Crippen LogP contribution is -2.16. The van der Waals surface area contributed by atoms with E-state index in [1.165, 1.54) is 12.8 Å².